The molecule has 1 amide bonds. The van der Waals surface area contributed by atoms with Gasteiger partial charge in [-0.25, -0.2) is 0 Å². The number of aryl methyl sites for hydroxylation is 1. The third-order valence-corrected chi connectivity index (χ3v) is 5.76. The van der Waals surface area contributed by atoms with Crippen molar-refractivity contribution in [1.82, 2.24) is 4.90 Å². The van der Waals surface area contributed by atoms with Crippen LogP contribution >= 0.6 is 24.0 Å². The minimum Gasteiger partial charge on any atom is -0.490 e. The Bertz CT molecular complexity index is 986. The van der Waals surface area contributed by atoms with Crippen molar-refractivity contribution in [3.63, 3.8) is 0 Å². The van der Waals surface area contributed by atoms with E-state index in [1.54, 1.807) is 6.08 Å². The van der Waals surface area contributed by atoms with Crippen LogP contribution < -0.4 is 14.2 Å². The van der Waals surface area contributed by atoms with E-state index in [1.807, 2.05) is 62.4 Å². The normalized spacial score (nSPS) is 14.8. The predicted molar refractivity (Wildman–Crippen MR) is 130 cm³/mol. The van der Waals surface area contributed by atoms with E-state index in [-0.39, 0.29) is 5.91 Å². The lowest BCUT2D eigenvalue weighted by Gasteiger charge is -2.13. The van der Waals surface area contributed by atoms with Crippen LogP contribution in [0.3, 0.4) is 0 Å². The number of rotatable bonds is 10. The lowest BCUT2D eigenvalue weighted by Crippen LogP contribution is -2.27. The zero-order valence-electron chi connectivity index (χ0n) is 17.6. The average Bonchev–Trinajstić information content (AvgIpc) is 3.01. The van der Waals surface area contributed by atoms with E-state index in [9.17, 15) is 4.79 Å². The summed E-state index contributed by atoms with van der Waals surface area (Å²) in [4.78, 5) is 14.6. The molecule has 0 aromatic heterocycles. The van der Waals surface area contributed by atoms with Crippen LogP contribution in [0.15, 0.2) is 60.0 Å². The van der Waals surface area contributed by atoms with Crippen molar-refractivity contribution in [3.8, 4) is 17.2 Å². The van der Waals surface area contributed by atoms with Gasteiger partial charge in [0.1, 0.15) is 23.3 Å². The molecule has 5 nitrogen and oxygen atoms in total. The lowest BCUT2D eigenvalue weighted by molar-refractivity contribution is -0.121. The van der Waals surface area contributed by atoms with E-state index < -0.39 is 0 Å². The number of benzene rings is 2. The Hall–Kier alpha value is -2.77. The molecule has 0 spiro atoms. The number of ether oxygens (including phenoxy) is 3. The molecule has 31 heavy (non-hydrogen) atoms. The molecule has 1 fully saturated rings. The van der Waals surface area contributed by atoms with Crippen molar-refractivity contribution in [2.24, 2.45) is 0 Å². The Balaban J connectivity index is 1.65. The standard InChI is InChI=1S/C24H25NO4S2/c1-4-12-25-23(26)22(31-24(25)30)16-18-8-11-20(21(15-18)27-5-2)29-14-13-28-19-9-6-17(3)7-10-19/h4,6-11,15-16H,1,5,12-14H2,2-3H3/b22-16+. The Morgan fingerprint density at radius 2 is 1.81 bits per heavy atom. The molecule has 0 unspecified atom stereocenters. The van der Waals surface area contributed by atoms with Crippen LogP contribution in [0.2, 0.25) is 0 Å². The number of hydrogen-bond donors (Lipinski definition) is 0. The van der Waals surface area contributed by atoms with E-state index in [0.29, 0.717) is 47.1 Å². The molecular weight excluding hydrogens is 430 g/mol. The fourth-order valence-corrected chi connectivity index (χ4v) is 4.16. The number of hydrogen-bond acceptors (Lipinski definition) is 6. The van der Waals surface area contributed by atoms with Crippen LogP contribution in [-0.2, 0) is 4.79 Å². The van der Waals surface area contributed by atoms with Crippen molar-refractivity contribution < 1.29 is 19.0 Å². The van der Waals surface area contributed by atoms with Gasteiger partial charge in [0.15, 0.2) is 11.5 Å². The first-order valence-corrected chi connectivity index (χ1v) is 11.2. The van der Waals surface area contributed by atoms with Gasteiger partial charge in [0.05, 0.1) is 11.5 Å². The summed E-state index contributed by atoms with van der Waals surface area (Å²) in [6.45, 7) is 9.33. The highest BCUT2D eigenvalue weighted by Gasteiger charge is 2.31. The van der Waals surface area contributed by atoms with Gasteiger partial charge < -0.3 is 14.2 Å². The van der Waals surface area contributed by atoms with Gasteiger partial charge >= 0.3 is 0 Å². The van der Waals surface area contributed by atoms with E-state index in [0.717, 1.165) is 11.3 Å². The topological polar surface area (TPSA) is 48.0 Å². The molecule has 1 heterocycles. The first-order valence-electron chi connectivity index (χ1n) is 9.97. The summed E-state index contributed by atoms with van der Waals surface area (Å²) >= 11 is 6.58. The largest absolute Gasteiger partial charge is 0.490 e. The summed E-state index contributed by atoms with van der Waals surface area (Å²) in [5.74, 6) is 1.95. The van der Waals surface area contributed by atoms with Crippen molar-refractivity contribution >= 4 is 40.3 Å². The highest BCUT2D eigenvalue weighted by Crippen LogP contribution is 2.34. The Labute approximate surface area is 192 Å². The minimum absolute atomic E-state index is 0.110. The molecule has 0 radical (unpaired) electrons. The van der Waals surface area contributed by atoms with Crippen LogP contribution in [0.25, 0.3) is 6.08 Å². The van der Waals surface area contributed by atoms with Crippen LogP contribution in [0.4, 0.5) is 0 Å². The molecule has 2 aromatic rings. The monoisotopic (exact) mass is 455 g/mol. The summed E-state index contributed by atoms with van der Waals surface area (Å²) in [5.41, 5.74) is 2.03. The molecule has 0 N–H and O–H groups in total. The smallest absolute Gasteiger partial charge is 0.266 e. The Morgan fingerprint density at radius 3 is 2.52 bits per heavy atom. The second-order valence-corrected chi connectivity index (χ2v) is 8.41. The van der Waals surface area contributed by atoms with Crippen LogP contribution in [0.5, 0.6) is 17.2 Å². The van der Waals surface area contributed by atoms with Gasteiger partial charge in [0.2, 0.25) is 0 Å². The second-order valence-electron chi connectivity index (χ2n) is 6.73. The molecule has 0 aliphatic carbocycles. The van der Waals surface area contributed by atoms with Crippen molar-refractivity contribution in [2.45, 2.75) is 13.8 Å². The summed E-state index contributed by atoms with van der Waals surface area (Å²) in [6, 6.07) is 13.5. The van der Waals surface area contributed by atoms with Gasteiger partial charge in [-0.2, -0.15) is 0 Å². The summed E-state index contributed by atoms with van der Waals surface area (Å²) in [7, 11) is 0. The fraction of sp³-hybridized carbons (Fsp3) is 0.250. The van der Waals surface area contributed by atoms with E-state index in [1.165, 1.54) is 22.2 Å². The third kappa shape index (κ3) is 6.12. The Kier molecular flexibility index (Phi) is 8.14. The molecule has 7 heteroatoms. The molecule has 2 aromatic carbocycles. The molecule has 1 saturated heterocycles. The number of thioether (sulfide) groups is 1. The third-order valence-electron chi connectivity index (χ3n) is 4.38. The van der Waals surface area contributed by atoms with Gasteiger partial charge in [-0.3, -0.25) is 9.69 Å². The zero-order chi connectivity index (χ0) is 22.2. The number of thiocarbonyl (C=S) groups is 1. The van der Waals surface area contributed by atoms with Crippen LogP contribution in [-0.4, -0.2) is 41.5 Å². The maximum absolute atomic E-state index is 12.5. The zero-order valence-corrected chi connectivity index (χ0v) is 19.3. The number of carbonyl (C=O) groups is 1. The molecular formula is C24H25NO4S2. The van der Waals surface area contributed by atoms with Gasteiger partial charge in [-0.05, 0) is 49.8 Å². The van der Waals surface area contributed by atoms with Crippen molar-refractivity contribution in [1.29, 1.82) is 0 Å². The van der Waals surface area contributed by atoms with Crippen molar-refractivity contribution in [3.05, 3.63) is 71.2 Å². The summed E-state index contributed by atoms with van der Waals surface area (Å²) in [6.07, 6.45) is 3.48. The van der Waals surface area contributed by atoms with Gasteiger partial charge in [-0.15, -0.1) is 6.58 Å². The van der Waals surface area contributed by atoms with E-state index in [4.69, 9.17) is 26.4 Å². The lowest BCUT2D eigenvalue weighted by atomic mass is 10.2. The highest BCUT2D eigenvalue weighted by atomic mass is 32.2. The van der Waals surface area contributed by atoms with E-state index in [2.05, 4.69) is 6.58 Å². The molecule has 3 rings (SSSR count). The van der Waals surface area contributed by atoms with Gasteiger partial charge in [0, 0.05) is 6.54 Å². The van der Waals surface area contributed by atoms with E-state index >= 15 is 0 Å². The number of carbonyl (C=O) groups excluding carboxylic acids is 1. The maximum Gasteiger partial charge on any atom is 0.266 e. The van der Waals surface area contributed by atoms with Crippen LogP contribution in [0.1, 0.15) is 18.1 Å². The molecule has 1 aliphatic rings. The number of nitrogens with zero attached hydrogens (tertiary/aromatic N) is 1. The highest BCUT2D eigenvalue weighted by molar-refractivity contribution is 8.26. The molecule has 0 bridgehead atoms. The average molecular weight is 456 g/mol. The predicted octanol–water partition coefficient (Wildman–Crippen LogP) is 5.24. The fourth-order valence-electron chi connectivity index (χ4n) is 2.89. The minimum atomic E-state index is -0.110. The quantitative estimate of drug-likeness (QED) is 0.211. The molecule has 0 saturated carbocycles. The SMILES string of the molecule is C=CCN1C(=O)/C(=C\c2ccc(OCCOc3ccc(C)cc3)c(OCC)c2)SC1=S. The van der Waals surface area contributed by atoms with Gasteiger partial charge in [0.25, 0.3) is 5.91 Å². The first kappa shape index (κ1) is 22.9. The van der Waals surface area contributed by atoms with Gasteiger partial charge in [-0.1, -0.05) is 53.8 Å². The van der Waals surface area contributed by atoms with Crippen molar-refractivity contribution in [2.75, 3.05) is 26.4 Å². The number of amides is 1. The first-order chi connectivity index (χ1) is 15.0. The molecule has 162 valence electrons. The summed E-state index contributed by atoms with van der Waals surface area (Å²) in [5, 5.41) is 0. The molecule has 0 atom stereocenters. The van der Waals surface area contributed by atoms with Crippen LogP contribution in [0, 0.1) is 6.92 Å². The molecule has 1 aliphatic heterocycles. The summed E-state index contributed by atoms with van der Waals surface area (Å²) < 4.78 is 17.9. The second kappa shape index (κ2) is 11.0. The maximum atomic E-state index is 12.5. The Morgan fingerprint density at radius 1 is 1.06 bits per heavy atom.